The van der Waals surface area contributed by atoms with Crippen molar-refractivity contribution in [2.24, 2.45) is 10.2 Å². The summed E-state index contributed by atoms with van der Waals surface area (Å²) in [5.41, 5.74) is 0.956. The molecule has 9 heavy (non-hydrogen) atoms. The second kappa shape index (κ2) is 4.97. The lowest BCUT2D eigenvalue weighted by Gasteiger charge is -1.77. The fourth-order valence-electron chi connectivity index (χ4n) is 0.246. The summed E-state index contributed by atoms with van der Waals surface area (Å²) in [4.78, 5) is 0. The number of rotatable bonds is 3. The molecule has 0 aromatic carbocycles. The van der Waals surface area contributed by atoms with Gasteiger partial charge in [0.15, 0.2) is 0 Å². The van der Waals surface area contributed by atoms with Crippen LogP contribution in [0.1, 0.15) is 6.92 Å². The molecule has 0 aromatic heterocycles. The summed E-state index contributed by atoms with van der Waals surface area (Å²) >= 11 is 0. The molecule has 0 aliphatic heterocycles. The van der Waals surface area contributed by atoms with Crippen LogP contribution < -0.4 is 0 Å². The van der Waals surface area contributed by atoms with Crippen molar-refractivity contribution in [1.82, 2.24) is 0 Å². The Morgan fingerprint density at radius 1 is 1.44 bits per heavy atom. The van der Waals surface area contributed by atoms with Gasteiger partial charge in [0, 0.05) is 12.4 Å². The van der Waals surface area contributed by atoms with Crippen LogP contribution in [0.5, 0.6) is 0 Å². The number of nitrogens with zero attached hydrogens (tertiary/aromatic N) is 2. The molecule has 0 fully saturated rings. The van der Waals surface area contributed by atoms with Gasteiger partial charge in [-0.25, -0.2) is 0 Å². The Balaban J connectivity index is 3.59. The van der Waals surface area contributed by atoms with E-state index in [1.54, 1.807) is 12.3 Å². The van der Waals surface area contributed by atoms with Gasteiger partial charge in [0.1, 0.15) is 0 Å². The maximum atomic E-state index is 3.64. The number of azo groups is 1. The third-order valence-electron chi connectivity index (χ3n) is 0.574. The summed E-state index contributed by atoms with van der Waals surface area (Å²) in [6, 6.07) is 0. The maximum Gasteiger partial charge on any atom is 0.0498 e. The van der Waals surface area contributed by atoms with Gasteiger partial charge < -0.3 is 0 Å². The van der Waals surface area contributed by atoms with Crippen LogP contribution in [-0.4, -0.2) is 0 Å². The third-order valence-corrected chi connectivity index (χ3v) is 0.574. The third kappa shape index (κ3) is 6.82. The second-order valence-electron chi connectivity index (χ2n) is 1.58. The quantitative estimate of drug-likeness (QED) is 0.406. The van der Waals surface area contributed by atoms with Crippen molar-refractivity contribution in [2.45, 2.75) is 6.92 Å². The van der Waals surface area contributed by atoms with Crippen molar-refractivity contribution in [3.63, 3.8) is 0 Å². The summed E-state index contributed by atoms with van der Waals surface area (Å²) < 4.78 is 0. The van der Waals surface area contributed by atoms with E-state index in [4.69, 9.17) is 0 Å². The average Bonchev–Trinajstić information content (AvgIpc) is 1.80. The molecule has 2 heteroatoms. The second-order valence-corrected chi connectivity index (χ2v) is 1.58. The van der Waals surface area contributed by atoms with Crippen LogP contribution in [0.15, 0.2) is 47.4 Å². The molecule has 0 saturated carbocycles. The van der Waals surface area contributed by atoms with Crippen molar-refractivity contribution in [1.29, 1.82) is 0 Å². The highest BCUT2D eigenvalue weighted by atomic mass is 15.1. The van der Waals surface area contributed by atoms with Gasteiger partial charge in [-0.1, -0.05) is 18.7 Å². The Morgan fingerprint density at radius 2 is 2.11 bits per heavy atom. The molecule has 0 bridgehead atoms. The zero-order valence-corrected chi connectivity index (χ0v) is 5.54. The Morgan fingerprint density at radius 3 is 2.56 bits per heavy atom. The summed E-state index contributed by atoms with van der Waals surface area (Å²) in [5.74, 6) is 0. The number of hydrogen-bond donors (Lipinski definition) is 0. The maximum absolute atomic E-state index is 3.64. The molecule has 0 unspecified atom stereocenters. The Bertz CT molecular complexity index is 154. The van der Waals surface area contributed by atoms with E-state index < -0.39 is 0 Å². The minimum atomic E-state index is 0.956. The summed E-state index contributed by atoms with van der Waals surface area (Å²) in [6.07, 6.45) is 4.72. The van der Waals surface area contributed by atoms with E-state index >= 15 is 0 Å². The molecule has 0 rings (SSSR count). The molecule has 0 radical (unpaired) electrons. The Kier molecular flexibility index (Phi) is 4.32. The standard InChI is InChI=1S/C7H10N2/c1-4-8-9-6-5-7(2)3/h4-6H,1-2H2,3H3. The van der Waals surface area contributed by atoms with E-state index in [1.807, 2.05) is 6.92 Å². The summed E-state index contributed by atoms with van der Waals surface area (Å²) in [6.45, 7) is 8.89. The molecule has 0 heterocycles. The van der Waals surface area contributed by atoms with Crippen LogP contribution in [0.3, 0.4) is 0 Å². The van der Waals surface area contributed by atoms with Gasteiger partial charge in [-0.15, -0.1) is 0 Å². The lowest BCUT2D eigenvalue weighted by Crippen LogP contribution is -1.56. The minimum Gasteiger partial charge on any atom is -0.160 e. The van der Waals surface area contributed by atoms with Crippen molar-refractivity contribution < 1.29 is 0 Å². The molecule has 0 saturated heterocycles. The largest absolute Gasteiger partial charge is 0.160 e. The zero-order chi connectivity index (χ0) is 7.11. The predicted octanol–water partition coefficient (Wildman–Crippen LogP) is 2.67. The highest BCUT2D eigenvalue weighted by Gasteiger charge is 1.68. The van der Waals surface area contributed by atoms with Crippen molar-refractivity contribution >= 4 is 0 Å². The van der Waals surface area contributed by atoms with E-state index in [0.29, 0.717) is 0 Å². The highest BCUT2D eigenvalue weighted by molar-refractivity contribution is 5.09. The first-order valence-electron chi connectivity index (χ1n) is 2.60. The molecule has 0 aliphatic carbocycles. The summed E-state index contributed by atoms with van der Waals surface area (Å²) in [7, 11) is 0. The topological polar surface area (TPSA) is 24.7 Å². The van der Waals surface area contributed by atoms with Crippen LogP contribution in [-0.2, 0) is 0 Å². The molecular formula is C7H10N2. The molecule has 0 aliphatic rings. The van der Waals surface area contributed by atoms with Crippen molar-refractivity contribution in [2.75, 3.05) is 0 Å². The molecular weight excluding hydrogens is 112 g/mol. The van der Waals surface area contributed by atoms with Crippen LogP contribution in [0.2, 0.25) is 0 Å². The van der Waals surface area contributed by atoms with Crippen LogP contribution in [0.25, 0.3) is 0 Å². The van der Waals surface area contributed by atoms with Gasteiger partial charge in [-0.3, -0.25) is 0 Å². The van der Waals surface area contributed by atoms with E-state index in [-0.39, 0.29) is 0 Å². The van der Waals surface area contributed by atoms with Crippen molar-refractivity contribution in [3.05, 3.63) is 37.2 Å². The molecule has 0 amide bonds. The van der Waals surface area contributed by atoms with Gasteiger partial charge in [0.2, 0.25) is 0 Å². The predicted molar refractivity (Wildman–Crippen MR) is 39.0 cm³/mol. The molecule has 48 valence electrons. The first-order chi connectivity index (χ1) is 4.27. The first-order valence-corrected chi connectivity index (χ1v) is 2.60. The Hall–Kier alpha value is -1.18. The Labute approximate surface area is 55.3 Å². The SMILES string of the molecule is C=CN=NC=CC(=C)C. The first kappa shape index (κ1) is 7.82. The molecule has 0 aromatic rings. The number of hydrogen-bond acceptors (Lipinski definition) is 2. The van der Waals surface area contributed by atoms with E-state index in [2.05, 4.69) is 23.4 Å². The fourth-order valence-corrected chi connectivity index (χ4v) is 0.246. The highest BCUT2D eigenvalue weighted by Crippen LogP contribution is 1.88. The minimum absolute atomic E-state index is 0.956. The van der Waals surface area contributed by atoms with Gasteiger partial charge in [0.25, 0.3) is 0 Å². The van der Waals surface area contributed by atoms with Crippen LogP contribution >= 0.6 is 0 Å². The van der Waals surface area contributed by atoms with Crippen LogP contribution in [0, 0.1) is 0 Å². The van der Waals surface area contributed by atoms with Gasteiger partial charge in [-0.05, 0) is 13.0 Å². The van der Waals surface area contributed by atoms with E-state index in [1.165, 1.54) is 6.20 Å². The fraction of sp³-hybridized carbons (Fsp3) is 0.143. The van der Waals surface area contributed by atoms with Crippen LogP contribution in [0.4, 0.5) is 0 Å². The zero-order valence-electron chi connectivity index (χ0n) is 5.54. The molecule has 0 spiro atoms. The van der Waals surface area contributed by atoms with Gasteiger partial charge in [0.05, 0.1) is 0 Å². The van der Waals surface area contributed by atoms with Crippen molar-refractivity contribution in [3.8, 4) is 0 Å². The van der Waals surface area contributed by atoms with Gasteiger partial charge >= 0.3 is 0 Å². The smallest absolute Gasteiger partial charge is 0.0498 e. The molecule has 0 atom stereocenters. The van der Waals surface area contributed by atoms with E-state index in [0.717, 1.165) is 5.57 Å². The van der Waals surface area contributed by atoms with E-state index in [9.17, 15) is 0 Å². The van der Waals surface area contributed by atoms with Gasteiger partial charge in [-0.2, -0.15) is 10.2 Å². The summed E-state index contributed by atoms with van der Waals surface area (Å²) in [5, 5.41) is 7.10. The lowest BCUT2D eigenvalue weighted by atomic mass is 10.3. The molecule has 0 N–H and O–H groups in total. The monoisotopic (exact) mass is 122 g/mol. The normalized spacial score (nSPS) is 10.8. The lowest BCUT2D eigenvalue weighted by molar-refractivity contribution is 1.22. The number of allylic oxidation sites excluding steroid dienone is 2. The molecule has 2 nitrogen and oxygen atoms in total. The average molecular weight is 122 g/mol.